The van der Waals surface area contributed by atoms with Crippen LogP contribution in [0.4, 0.5) is 0 Å². The molecule has 63 heavy (non-hydrogen) atoms. The smallest absolute Gasteiger partial charge is 0.238 e. The first-order valence-corrected chi connectivity index (χ1v) is 20.7. The van der Waals surface area contributed by atoms with Crippen molar-refractivity contribution >= 4 is 65.6 Å². The first kappa shape index (κ1) is 29.6. The molecule has 6 nitrogen and oxygen atoms in total. The Hall–Kier alpha value is -8.61. The SMILES string of the molecule is [2H]c1cc([2H])c2c(c1[2H])c1c([2H])c([2H])cc([2H])c1n2-c1c(-c2nc(-c3ccccc3)nc(-n3c4ccccc4c4c(-c5ccccc5)cccc43)n2)cccc1-c1cccc2c1oc1ccccc12. The first-order chi connectivity index (χ1) is 33.7. The molecule has 0 aliphatic rings. The van der Waals surface area contributed by atoms with E-state index in [0.717, 1.165) is 49.3 Å². The minimum absolute atomic E-state index is 0.0870. The molecule has 6 heteroatoms. The van der Waals surface area contributed by atoms with Gasteiger partial charge in [-0.1, -0.05) is 176 Å². The van der Waals surface area contributed by atoms with E-state index >= 15 is 0 Å². The Morgan fingerprint density at radius 1 is 0.381 bits per heavy atom. The Morgan fingerprint density at radius 3 is 1.76 bits per heavy atom. The highest BCUT2D eigenvalue weighted by Gasteiger charge is 2.25. The van der Waals surface area contributed by atoms with Gasteiger partial charge in [0.1, 0.15) is 11.2 Å². The fourth-order valence-corrected chi connectivity index (χ4v) is 9.27. The van der Waals surface area contributed by atoms with Crippen LogP contribution in [0.3, 0.4) is 0 Å². The third-order valence-corrected chi connectivity index (χ3v) is 12.0. The highest BCUT2D eigenvalue weighted by molar-refractivity contribution is 6.16. The summed E-state index contributed by atoms with van der Waals surface area (Å²) in [5, 5.41) is 4.16. The van der Waals surface area contributed by atoms with Gasteiger partial charge in [-0.05, 0) is 47.5 Å². The standard InChI is InChI=1S/C57H35N5O/c1-3-18-36(19-4-1)38-26-17-34-50-52(38)45-25-9-13-33-49(45)62(50)57-59-55(37-20-5-2-6-21-37)58-56(60-57)46-30-15-27-42(44-29-16-28-43-41-24-10-14-35-51(41)63-54(43)44)53(46)61-47-31-11-7-22-39(47)40-23-8-12-32-48(40)61/h1-35H/i7D,8D,22D,23D,31D,32D. The Kier molecular flexibility index (Phi) is 6.56. The molecule has 0 radical (unpaired) electrons. The van der Waals surface area contributed by atoms with E-state index in [2.05, 4.69) is 41.0 Å². The number of para-hydroxylation sites is 6. The third-order valence-electron chi connectivity index (χ3n) is 12.0. The van der Waals surface area contributed by atoms with E-state index < -0.39 is 0 Å². The maximum Gasteiger partial charge on any atom is 0.238 e. The molecule has 0 saturated carbocycles. The maximum atomic E-state index is 9.52. The van der Waals surface area contributed by atoms with Crippen LogP contribution in [0.15, 0.2) is 217 Å². The summed E-state index contributed by atoms with van der Waals surface area (Å²) < 4.78 is 65.6. The molecule has 4 heterocycles. The van der Waals surface area contributed by atoms with Crippen molar-refractivity contribution in [2.24, 2.45) is 0 Å². The van der Waals surface area contributed by atoms with E-state index in [-0.39, 0.29) is 63.9 Å². The Balaban J connectivity index is 1.20. The summed E-state index contributed by atoms with van der Waals surface area (Å²) in [7, 11) is 0. The Bertz CT molecular complexity index is 4210. The predicted molar refractivity (Wildman–Crippen MR) is 258 cm³/mol. The molecular weight excluding hydrogens is 771 g/mol. The molecule has 13 aromatic rings. The van der Waals surface area contributed by atoms with Gasteiger partial charge >= 0.3 is 0 Å². The number of rotatable bonds is 6. The van der Waals surface area contributed by atoms with Crippen LogP contribution in [-0.2, 0) is 0 Å². The average molecular weight is 812 g/mol. The second kappa shape index (κ2) is 14.0. The van der Waals surface area contributed by atoms with Crippen LogP contribution in [-0.4, -0.2) is 24.1 Å². The quantitative estimate of drug-likeness (QED) is 0.168. The van der Waals surface area contributed by atoms with Crippen molar-refractivity contribution in [3.05, 3.63) is 212 Å². The molecule has 4 aromatic heterocycles. The molecule has 0 amide bonds. The lowest BCUT2D eigenvalue weighted by Crippen LogP contribution is -2.08. The molecular formula is C57H35N5O. The summed E-state index contributed by atoms with van der Waals surface area (Å²) in [6.07, 6.45) is 0. The lowest BCUT2D eigenvalue weighted by atomic mass is 9.97. The zero-order valence-electron chi connectivity index (χ0n) is 39.4. The molecule has 0 fully saturated rings. The zero-order chi connectivity index (χ0) is 46.7. The largest absolute Gasteiger partial charge is 0.455 e. The summed E-state index contributed by atoms with van der Waals surface area (Å²) in [5.74, 6) is 1.04. The Labute approximate surface area is 370 Å². The van der Waals surface area contributed by atoms with Crippen LogP contribution < -0.4 is 0 Å². The van der Waals surface area contributed by atoms with Gasteiger partial charge < -0.3 is 8.98 Å². The number of aromatic nitrogens is 5. The van der Waals surface area contributed by atoms with Crippen molar-refractivity contribution < 1.29 is 12.6 Å². The molecule has 0 atom stereocenters. The van der Waals surface area contributed by atoms with Crippen LogP contribution >= 0.6 is 0 Å². The molecule has 0 spiro atoms. The van der Waals surface area contributed by atoms with E-state index in [0.29, 0.717) is 45.3 Å². The van der Waals surface area contributed by atoms with Crippen molar-refractivity contribution in [3.63, 3.8) is 0 Å². The number of hydrogen-bond donors (Lipinski definition) is 0. The summed E-state index contributed by atoms with van der Waals surface area (Å²) in [6, 6.07) is 55.7. The molecule has 0 N–H and O–H groups in total. The lowest BCUT2D eigenvalue weighted by Gasteiger charge is -2.19. The minimum atomic E-state index is -0.211. The molecule has 0 unspecified atom stereocenters. The second-order valence-corrected chi connectivity index (χ2v) is 15.4. The molecule has 0 saturated heterocycles. The third kappa shape index (κ3) is 5.41. The number of hydrogen-bond acceptors (Lipinski definition) is 4. The van der Waals surface area contributed by atoms with Gasteiger partial charge in [0.05, 0.1) is 36.0 Å². The molecule has 9 aromatic carbocycles. The van der Waals surface area contributed by atoms with E-state index in [1.807, 2.05) is 127 Å². The van der Waals surface area contributed by atoms with Crippen molar-refractivity contribution in [1.82, 2.24) is 24.1 Å². The van der Waals surface area contributed by atoms with Gasteiger partial charge in [-0.3, -0.25) is 4.57 Å². The van der Waals surface area contributed by atoms with Crippen LogP contribution in [0.2, 0.25) is 0 Å². The second-order valence-electron chi connectivity index (χ2n) is 15.4. The van der Waals surface area contributed by atoms with E-state index in [9.17, 15) is 5.48 Å². The normalized spacial score (nSPS) is 13.1. The topological polar surface area (TPSA) is 61.7 Å². The lowest BCUT2D eigenvalue weighted by molar-refractivity contribution is 0.670. The van der Waals surface area contributed by atoms with Gasteiger partial charge in [0, 0.05) is 54.6 Å². The fraction of sp³-hybridized carbons (Fsp3) is 0. The van der Waals surface area contributed by atoms with Gasteiger partial charge in [-0.15, -0.1) is 0 Å². The molecule has 294 valence electrons. The molecule has 13 rings (SSSR count). The first-order valence-electron chi connectivity index (χ1n) is 23.7. The van der Waals surface area contributed by atoms with Crippen molar-refractivity contribution in [2.75, 3.05) is 0 Å². The summed E-state index contributed by atoms with van der Waals surface area (Å²) in [4.78, 5) is 16.0. The van der Waals surface area contributed by atoms with Crippen LogP contribution in [0.1, 0.15) is 8.22 Å². The van der Waals surface area contributed by atoms with Crippen LogP contribution in [0.5, 0.6) is 0 Å². The van der Waals surface area contributed by atoms with Gasteiger partial charge in [-0.25, -0.2) is 4.98 Å². The zero-order valence-corrected chi connectivity index (χ0v) is 33.4. The van der Waals surface area contributed by atoms with Crippen molar-refractivity contribution in [2.45, 2.75) is 0 Å². The van der Waals surface area contributed by atoms with Crippen LogP contribution in [0.25, 0.3) is 122 Å². The van der Waals surface area contributed by atoms with Crippen LogP contribution in [0, 0.1) is 0 Å². The monoisotopic (exact) mass is 811 g/mol. The van der Waals surface area contributed by atoms with Gasteiger partial charge in [-0.2, -0.15) is 9.97 Å². The number of nitrogens with zero attached hydrogens (tertiary/aromatic N) is 5. The van der Waals surface area contributed by atoms with Gasteiger partial charge in [0.15, 0.2) is 11.6 Å². The minimum Gasteiger partial charge on any atom is -0.455 e. The number of benzene rings is 9. The highest BCUT2D eigenvalue weighted by atomic mass is 16.3. The molecule has 0 aliphatic heterocycles. The maximum absolute atomic E-state index is 9.52. The van der Waals surface area contributed by atoms with E-state index in [1.54, 1.807) is 4.57 Å². The number of fused-ring (bicyclic) bond motifs is 9. The average Bonchev–Trinajstić information content (AvgIpc) is 4.07. The van der Waals surface area contributed by atoms with Crippen molar-refractivity contribution in [1.29, 1.82) is 0 Å². The van der Waals surface area contributed by atoms with Crippen molar-refractivity contribution in [3.8, 4) is 56.7 Å². The Morgan fingerprint density at radius 2 is 0.968 bits per heavy atom. The fourth-order valence-electron chi connectivity index (χ4n) is 9.27. The summed E-state index contributed by atoms with van der Waals surface area (Å²) in [6.45, 7) is 0. The number of furan rings is 1. The molecule has 0 aliphatic carbocycles. The van der Waals surface area contributed by atoms with E-state index in [1.165, 1.54) is 12.1 Å². The van der Waals surface area contributed by atoms with E-state index in [4.69, 9.17) is 22.1 Å². The summed E-state index contributed by atoms with van der Waals surface area (Å²) >= 11 is 0. The predicted octanol–water partition coefficient (Wildman–Crippen LogP) is 14.6. The van der Waals surface area contributed by atoms with Gasteiger partial charge in [0.25, 0.3) is 0 Å². The van der Waals surface area contributed by atoms with Gasteiger partial charge in [0.2, 0.25) is 5.95 Å². The molecule has 0 bridgehead atoms. The summed E-state index contributed by atoms with van der Waals surface area (Å²) in [5.41, 5.74) is 8.67. The highest BCUT2D eigenvalue weighted by Crippen LogP contribution is 2.45.